The topological polar surface area (TPSA) is 55.6 Å². The summed E-state index contributed by atoms with van der Waals surface area (Å²) < 4.78 is 43.1. The zero-order valence-electron chi connectivity index (χ0n) is 12.7. The van der Waals surface area contributed by atoms with Crippen LogP contribution in [0.15, 0.2) is 48.5 Å². The van der Waals surface area contributed by atoms with Crippen molar-refractivity contribution in [2.75, 3.05) is 12.0 Å². The highest BCUT2D eigenvalue weighted by Crippen LogP contribution is 2.39. The van der Waals surface area contributed by atoms with E-state index in [9.17, 15) is 18.0 Å². The number of rotatable bonds is 3. The average Bonchev–Trinajstić information content (AvgIpc) is 2.58. The van der Waals surface area contributed by atoms with Crippen molar-refractivity contribution in [3.8, 4) is 5.75 Å². The number of anilines is 1. The van der Waals surface area contributed by atoms with E-state index < -0.39 is 23.8 Å². The molecule has 24 heavy (non-hydrogen) atoms. The summed E-state index contributed by atoms with van der Waals surface area (Å²) in [5.74, 6) is 0.368. The summed E-state index contributed by atoms with van der Waals surface area (Å²) >= 11 is 0. The van der Waals surface area contributed by atoms with E-state index in [0.717, 1.165) is 12.1 Å². The Morgan fingerprint density at radius 3 is 2.12 bits per heavy atom. The molecular formula is C17H15F3N2O2. The van der Waals surface area contributed by atoms with Gasteiger partial charge in [-0.25, -0.2) is 0 Å². The zero-order valence-corrected chi connectivity index (χ0v) is 12.7. The minimum Gasteiger partial charge on any atom is -0.497 e. The summed E-state index contributed by atoms with van der Waals surface area (Å²) in [4.78, 5) is 13.6. The van der Waals surface area contributed by atoms with Gasteiger partial charge in [0.1, 0.15) is 11.8 Å². The standard InChI is InChI=1S/C17H15F3N2O2/c1-24-13-8-6-12(7-9-13)22-15(14(21)16(22)23)10-2-4-11(5-3-10)17(18,19)20/h2-9,14-15H,21H2,1H3/t14-,15+/m0/s1. The number of amides is 1. The van der Waals surface area contributed by atoms with Crippen LogP contribution in [0.5, 0.6) is 5.75 Å². The van der Waals surface area contributed by atoms with E-state index in [1.807, 2.05) is 0 Å². The van der Waals surface area contributed by atoms with Crippen molar-refractivity contribution in [2.24, 2.45) is 5.73 Å². The summed E-state index contributed by atoms with van der Waals surface area (Å²) in [6.07, 6.45) is -4.40. The fourth-order valence-corrected chi connectivity index (χ4v) is 2.77. The molecule has 2 atom stereocenters. The highest BCUT2D eigenvalue weighted by Gasteiger charge is 2.46. The first-order chi connectivity index (χ1) is 11.3. The molecule has 1 amide bonds. The quantitative estimate of drug-likeness (QED) is 0.876. The Bertz CT molecular complexity index is 742. The van der Waals surface area contributed by atoms with Crippen LogP contribution in [0, 0.1) is 0 Å². The van der Waals surface area contributed by atoms with E-state index in [1.165, 1.54) is 24.1 Å². The number of carbonyl (C=O) groups is 1. The normalized spacial score (nSPS) is 20.7. The molecule has 1 aliphatic heterocycles. The van der Waals surface area contributed by atoms with Crippen LogP contribution in [0.4, 0.5) is 18.9 Å². The first-order valence-electron chi connectivity index (χ1n) is 7.23. The number of β-lactam (4-membered cyclic amide) rings is 1. The van der Waals surface area contributed by atoms with Crippen LogP contribution in [0.2, 0.25) is 0 Å². The van der Waals surface area contributed by atoms with Crippen molar-refractivity contribution in [1.82, 2.24) is 0 Å². The van der Waals surface area contributed by atoms with E-state index in [4.69, 9.17) is 10.5 Å². The number of halogens is 3. The van der Waals surface area contributed by atoms with Crippen molar-refractivity contribution >= 4 is 11.6 Å². The molecule has 0 radical (unpaired) electrons. The number of nitrogens with two attached hydrogens (primary N) is 1. The number of carbonyl (C=O) groups excluding carboxylic acids is 1. The summed E-state index contributed by atoms with van der Waals surface area (Å²) in [6.45, 7) is 0. The maximum atomic E-state index is 12.7. The zero-order chi connectivity index (χ0) is 17.5. The monoisotopic (exact) mass is 336 g/mol. The molecule has 2 N–H and O–H groups in total. The number of hydrogen-bond donors (Lipinski definition) is 1. The van der Waals surface area contributed by atoms with Crippen LogP contribution in [0.25, 0.3) is 0 Å². The van der Waals surface area contributed by atoms with Gasteiger partial charge >= 0.3 is 6.18 Å². The number of ether oxygens (including phenoxy) is 1. The molecular weight excluding hydrogens is 321 g/mol. The second-order valence-corrected chi connectivity index (χ2v) is 5.50. The van der Waals surface area contributed by atoms with Crippen LogP contribution in [-0.2, 0) is 11.0 Å². The van der Waals surface area contributed by atoms with E-state index in [1.54, 1.807) is 24.3 Å². The van der Waals surface area contributed by atoms with Crippen LogP contribution >= 0.6 is 0 Å². The second-order valence-electron chi connectivity index (χ2n) is 5.50. The molecule has 4 nitrogen and oxygen atoms in total. The van der Waals surface area contributed by atoms with E-state index >= 15 is 0 Å². The predicted octanol–water partition coefficient (Wildman–Crippen LogP) is 3.13. The molecule has 1 fully saturated rings. The lowest BCUT2D eigenvalue weighted by molar-refractivity contribution is -0.137. The summed E-state index contributed by atoms with van der Waals surface area (Å²) in [5, 5.41) is 0. The Balaban J connectivity index is 1.89. The lowest BCUT2D eigenvalue weighted by atomic mass is 9.88. The summed E-state index contributed by atoms with van der Waals surface area (Å²) in [5.41, 5.74) is 6.31. The SMILES string of the molecule is COc1ccc(N2C(=O)[C@@H](N)[C@H]2c2ccc(C(F)(F)F)cc2)cc1. The Morgan fingerprint density at radius 2 is 1.62 bits per heavy atom. The van der Waals surface area contributed by atoms with Crippen molar-refractivity contribution < 1.29 is 22.7 Å². The molecule has 2 aromatic carbocycles. The molecule has 0 aromatic heterocycles. The molecule has 0 bridgehead atoms. The van der Waals surface area contributed by atoms with Crippen molar-refractivity contribution in [3.63, 3.8) is 0 Å². The maximum absolute atomic E-state index is 12.7. The van der Waals surface area contributed by atoms with Crippen molar-refractivity contribution in [3.05, 3.63) is 59.7 Å². The van der Waals surface area contributed by atoms with Gasteiger partial charge in [-0.3, -0.25) is 4.79 Å². The fraction of sp³-hybridized carbons (Fsp3) is 0.235. The van der Waals surface area contributed by atoms with Crippen LogP contribution in [0.1, 0.15) is 17.2 Å². The van der Waals surface area contributed by atoms with E-state index in [0.29, 0.717) is 17.0 Å². The molecule has 0 spiro atoms. The van der Waals surface area contributed by atoms with Crippen LogP contribution < -0.4 is 15.4 Å². The Hall–Kier alpha value is -2.54. The second kappa shape index (κ2) is 5.83. The van der Waals surface area contributed by atoms with E-state index in [2.05, 4.69) is 0 Å². The largest absolute Gasteiger partial charge is 0.497 e. The summed E-state index contributed by atoms with van der Waals surface area (Å²) in [7, 11) is 1.53. The van der Waals surface area contributed by atoms with Gasteiger partial charge in [-0.05, 0) is 42.0 Å². The first-order valence-corrected chi connectivity index (χ1v) is 7.23. The van der Waals surface area contributed by atoms with Gasteiger partial charge in [-0.1, -0.05) is 12.1 Å². The molecule has 2 aromatic rings. The highest BCUT2D eigenvalue weighted by molar-refractivity contribution is 6.05. The number of benzene rings is 2. The lowest BCUT2D eigenvalue weighted by Gasteiger charge is -2.45. The highest BCUT2D eigenvalue weighted by atomic mass is 19.4. The molecule has 0 unspecified atom stereocenters. The van der Waals surface area contributed by atoms with Crippen LogP contribution in [0.3, 0.4) is 0 Å². The molecule has 0 saturated carbocycles. The average molecular weight is 336 g/mol. The molecule has 126 valence electrons. The molecule has 1 saturated heterocycles. The number of hydrogen-bond acceptors (Lipinski definition) is 3. The smallest absolute Gasteiger partial charge is 0.416 e. The van der Waals surface area contributed by atoms with E-state index in [-0.39, 0.29) is 5.91 Å². The van der Waals surface area contributed by atoms with Gasteiger partial charge in [0, 0.05) is 5.69 Å². The minimum absolute atomic E-state index is 0.273. The predicted molar refractivity (Wildman–Crippen MR) is 82.6 cm³/mol. The van der Waals surface area contributed by atoms with Gasteiger partial charge in [0.05, 0.1) is 18.7 Å². The summed E-state index contributed by atoms with van der Waals surface area (Å²) in [6, 6.07) is 10.3. The van der Waals surface area contributed by atoms with Gasteiger partial charge in [0.25, 0.3) is 0 Å². The van der Waals surface area contributed by atoms with Gasteiger partial charge in [-0.2, -0.15) is 13.2 Å². The third kappa shape index (κ3) is 2.71. The minimum atomic E-state index is -4.40. The van der Waals surface area contributed by atoms with Crippen molar-refractivity contribution in [1.29, 1.82) is 0 Å². The number of nitrogens with zero attached hydrogens (tertiary/aromatic N) is 1. The van der Waals surface area contributed by atoms with Crippen LogP contribution in [-0.4, -0.2) is 19.1 Å². The molecule has 0 aliphatic carbocycles. The third-order valence-electron chi connectivity index (χ3n) is 4.07. The molecule has 1 heterocycles. The molecule has 3 rings (SSSR count). The Morgan fingerprint density at radius 1 is 1.04 bits per heavy atom. The molecule has 7 heteroatoms. The fourth-order valence-electron chi connectivity index (χ4n) is 2.77. The molecule has 1 aliphatic rings. The number of alkyl halides is 3. The van der Waals surface area contributed by atoms with Gasteiger partial charge in [0.15, 0.2) is 0 Å². The first kappa shape index (κ1) is 16.3. The van der Waals surface area contributed by atoms with Gasteiger partial charge < -0.3 is 15.4 Å². The van der Waals surface area contributed by atoms with Gasteiger partial charge in [0.2, 0.25) is 5.91 Å². The van der Waals surface area contributed by atoms with Gasteiger partial charge in [-0.15, -0.1) is 0 Å². The third-order valence-corrected chi connectivity index (χ3v) is 4.07. The Labute approximate surface area is 136 Å². The number of methoxy groups -OCH3 is 1. The Kier molecular flexibility index (Phi) is 3.96. The lowest BCUT2D eigenvalue weighted by Crippen LogP contribution is -2.63. The van der Waals surface area contributed by atoms with Crippen molar-refractivity contribution in [2.45, 2.75) is 18.3 Å². The maximum Gasteiger partial charge on any atom is 0.416 e.